The zero-order chi connectivity index (χ0) is 21.9. The largest absolute Gasteiger partial charge is 0.378 e. The number of nitrogens with zero attached hydrogens (tertiary/aromatic N) is 4. The molecule has 164 valence electrons. The Balaban J connectivity index is 1.46. The molecule has 1 atom stereocenters. The van der Waals surface area contributed by atoms with Gasteiger partial charge in [-0.25, -0.2) is 4.98 Å². The average molecular weight is 432 g/mol. The molecule has 32 heavy (non-hydrogen) atoms. The standard InChI is InChI=1S/C24H24N4O4/c29-23(17-4-3-7-25-15-17)28-10-13-32-22(16-28)21-14-19(18-5-1-2-6-20(18)26-21)24(30)27-8-11-31-12-9-27/h1-7,14-15,22H,8-13,16H2/t22-/m0/s1. The second kappa shape index (κ2) is 9.02. The van der Waals surface area contributed by atoms with E-state index in [1.54, 1.807) is 29.4 Å². The Hall–Kier alpha value is -3.36. The minimum absolute atomic E-state index is 0.0350. The summed E-state index contributed by atoms with van der Waals surface area (Å²) in [5.74, 6) is -0.121. The van der Waals surface area contributed by atoms with Crippen LogP contribution in [-0.2, 0) is 9.47 Å². The van der Waals surface area contributed by atoms with Crippen LogP contribution < -0.4 is 0 Å². The number of hydrogen-bond acceptors (Lipinski definition) is 6. The topological polar surface area (TPSA) is 84.9 Å². The first-order valence-electron chi connectivity index (χ1n) is 10.8. The summed E-state index contributed by atoms with van der Waals surface area (Å²) in [6, 6.07) is 13.0. The van der Waals surface area contributed by atoms with Crippen LogP contribution >= 0.6 is 0 Å². The number of amides is 2. The molecule has 2 fully saturated rings. The predicted octanol–water partition coefficient (Wildman–Crippen LogP) is 2.32. The van der Waals surface area contributed by atoms with E-state index in [2.05, 4.69) is 4.98 Å². The highest BCUT2D eigenvalue weighted by atomic mass is 16.5. The van der Waals surface area contributed by atoms with Crippen molar-refractivity contribution in [2.24, 2.45) is 0 Å². The smallest absolute Gasteiger partial charge is 0.255 e. The van der Waals surface area contributed by atoms with E-state index < -0.39 is 6.10 Å². The van der Waals surface area contributed by atoms with E-state index in [4.69, 9.17) is 14.5 Å². The van der Waals surface area contributed by atoms with Crippen LogP contribution in [0.15, 0.2) is 54.9 Å². The van der Waals surface area contributed by atoms with E-state index in [0.29, 0.717) is 62.8 Å². The van der Waals surface area contributed by atoms with Crippen LogP contribution in [0.5, 0.6) is 0 Å². The molecule has 0 bridgehead atoms. The van der Waals surface area contributed by atoms with Gasteiger partial charge in [-0.1, -0.05) is 18.2 Å². The van der Waals surface area contributed by atoms with Gasteiger partial charge in [0.05, 0.1) is 48.7 Å². The molecule has 8 heteroatoms. The lowest BCUT2D eigenvalue weighted by Crippen LogP contribution is -2.43. The van der Waals surface area contributed by atoms with Crippen LogP contribution in [0.1, 0.15) is 32.5 Å². The van der Waals surface area contributed by atoms with Gasteiger partial charge >= 0.3 is 0 Å². The van der Waals surface area contributed by atoms with Crippen molar-refractivity contribution < 1.29 is 19.1 Å². The van der Waals surface area contributed by atoms with Crippen molar-refractivity contribution >= 4 is 22.7 Å². The SMILES string of the molecule is O=C(c1cccnc1)N1CCO[C@H](c2cc(C(=O)N3CCOCC3)c3ccccc3n2)C1. The van der Waals surface area contributed by atoms with Gasteiger partial charge in [0, 0.05) is 37.4 Å². The van der Waals surface area contributed by atoms with E-state index in [1.165, 1.54) is 0 Å². The Labute approximate surface area is 185 Å². The molecule has 0 radical (unpaired) electrons. The molecule has 4 heterocycles. The minimum atomic E-state index is -0.412. The third-order valence-electron chi connectivity index (χ3n) is 5.86. The van der Waals surface area contributed by atoms with Crippen molar-refractivity contribution in [3.05, 3.63) is 71.7 Å². The zero-order valence-corrected chi connectivity index (χ0v) is 17.6. The second-order valence-electron chi connectivity index (χ2n) is 7.87. The summed E-state index contributed by atoms with van der Waals surface area (Å²) in [5.41, 5.74) is 2.54. The van der Waals surface area contributed by atoms with E-state index in [9.17, 15) is 9.59 Å². The first kappa shape index (κ1) is 20.5. The van der Waals surface area contributed by atoms with Crippen molar-refractivity contribution in [3.8, 4) is 0 Å². The molecule has 2 saturated heterocycles. The monoisotopic (exact) mass is 432 g/mol. The van der Waals surface area contributed by atoms with Gasteiger partial charge in [0.15, 0.2) is 0 Å². The Kier molecular flexibility index (Phi) is 5.79. The Morgan fingerprint density at radius 1 is 0.938 bits per heavy atom. The van der Waals surface area contributed by atoms with E-state index in [0.717, 1.165) is 10.9 Å². The number of pyridine rings is 2. The van der Waals surface area contributed by atoms with Crippen molar-refractivity contribution in [2.45, 2.75) is 6.10 Å². The summed E-state index contributed by atoms with van der Waals surface area (Å²) in [6.07, 6.45) is 2.80. The third-order valence-corrected chi connectivity index (χ3v) is 5.86. The lowest BCUT2D eigenvalue weighted by molar-refractivity contribution is -0.0246. The molecule has 2 aliphatic rings. The molecule has 0 N–H and O–H groups in total. The summed E-state index contributed by atoms with van der Waals surface area (Å²) >= 11 is 0. The van der Waals surface area contributed by atoms with Crippen LogP contribution in [0.2, 0.25) is 0 Å². The van der Waals surface area contributed by atoms with Gasteiger partial charge in [-0.2, -0.15) is 0 Å². The number of morpholine rings is 2. The minimum Gasteiger partial charge on any atom is -0.378 e. The molecule has 0 saturated carbocycles. The maximum atomic E-state index is 13.3. The average Bonchev–Trinajstić information content (AvgIpc) is 2.88. The highest BCUT2D eigenvalue weighted by Gasteiger charge is 2.29. The number of ether oxygens (including phenoxy) is 2. The molecule has 8 nitrogen and oxygen atoms in total. The van der Waals surface area contributed by atoms with Gasteiger partial charge < -0.3 is 19.3 Å². The Morgan fingerprint density at radius 2 is 1.75 bits per heavy atom. The highest BCUT2D eigenvalue weighted by Crippen LogP contribution is 2.27. The maximum absolute atomic E-state index is 13.3. The molecular formula is C24H24N4O4. The second-order valence-corrected chi connectivity index (χ2v) is 7.87. The van der Waals surface area contributed by atoms with E-state index in [1.807, 2.05) is 35.2 Å². The van der Waals surface area contributed by atoms with Gasteiger partial charge in [0.2, 0.25) is 0 Å². The molecule has 0 spiro atoms. The van der Waals surface area contributed by atoms with Crippen molar-refractivity contribution in [2.75, 3.05) is 46.0 Å². The first-order chi connectivity index (χ1) is 15.7. The van der Waals surface area contributed by atoms with Crippen LogP contribution in [0, 0.1) is 0 Å². The third kappa shape index (κ3) is 4.06. The zero-order valence-electron chi connectivity index (χ0n) is 17.6. The van der Waals surface area contributed by atoms with Crippen molar-refractivity contribution in [3.63, 3.8) is 0 Å². The molecule has 1 aromatic carbocycles. The van der Waals surface area contributed by atoms with Gasteiger partial charge in [-0.15, -0.1) is 0 Å². The summed E-state index contributed by atoms with van der Waals surface area (Å²) in [6.45, 7) is 3.48. The normalized spacial score (nSPS) is 19.2. The van der Waals surface area contributed by atoms with Crippen LogP contribution in [0.25, 0.3) is 10.9 Å². The van der Waals surface area contributed by atoms with Gasteiger partial charge in [-0.05, 0) is 24.3 Å². The number of rotatable bonds is 3. The number of benzene rings is 1. The fourth-order valence-electron chi connectivity index (χ4n) is 4.16. The molecule has 2 aromatic heterocycles. The van der Waals surface area contributed by atoms with E-state index >= 15 is 0 Å². The lowest BCUT2D eigenvalue weighted by Gasteiger charge is -2.33. The number of fused-ring (bicyclic) bond motifs is 1. The molecule has 2 aliphatic heterocycles. The van der Waals surface area contributed by atoms with Gasteiger partial charge in [0.25, 0.3) is 11.8 Å². The number of aromatic nitrogens is 2. The number of para-hydroxylation sites is 1. The summed E-state index contributed by atoms with van der Waals surface area (Å²) in [5, 5.41) is 0.812. The fraction of sp³-hybridized carbons (Fsp3) is 0.333. The highest BCUT2D eigenvalue weighted by molar-refractivity contribution is 6.06. The molecule has 0 unspecified atom stereocenters. The summed E-state index contributed by atoms with van der Waals surface area (Å²) in [4.78, 5) is 38.6. The maximum Gasteiger partial charge on any atom is 0.255 e. The molecule has 2 amide bonds. The molecular weight excluding hydrogens is 408 g/mol. The molecule has 0 aliphatic carbocycles. The van der Waals surface area contributed by atoms with Gasteiger partial charge in [0.1, 0.15) is 6.10 Å². The van der Waals surface area contributed by atoms with Crippen molar-refractivity contribution in [1.82, 2.24) is 19.8 Å². The van der Waals surface area contributed by atoms with Crippen molar-refractivity contribution in [1.29, 1.82) is 0 Å². The van der Waals surface area contributed by atoms with Crippen LogP contribution in [0.4, 0.5) is 0 Å². The number of hydrogen-bond donors (Lipinski definition) is 0. The summed E-state index contributed by atoms with van der Waals surface area (Å²) in [7, 11) is 0. The number of carbonyl (C=O) groups is 2. The lowest BCUT2D eigenvalue weighted by atomic mass is 10.0. The van der Waals surface area contributed by atoms with Gasteiger partial charge in [-0.3, -0.25) is 14.6 Å². The Morgan fingerprint density at radius 3 is 2.56 bits per heavy atom. The van der Waals surface area contributed by atoms with Crippen LogP contribution in [0.3, 0.4) is 0 Å². The quantitative estimate of drug-likeness (QED) is 0.632. The van der Waals surface area contributed by atoms with Crippen LogP contribution in [-0.4, -0.2) is 77.6 Å². The molecule has 5 rings (SSSR count). The first-order valence-corrected chi connectivity index (χ1v) is 10.8. The Bertz CT molecular complexity index is 1130. The molecule has 3 aromatic rings. The van der Waals surface area contributed by atoms with E-state index in [-0.39, 0.29) is 11.8 Å². The predicted molar refractivity (Wildman–Crippen MR) is 117 cm³/mol. The number of carbonyl (C=O) groups excluding carboxylic acids is 2. The fourth-order valence-corrected chi connectivity index (χ4v) is 4.16. The summed E-state index contributed by atoms with van der Waals surface area (Å²) < 4.78 is 11.4.